The molecule has 2 rings (SSSR count). The lowest BCUT2D eigenvalue weighted by atomic mass is 10.0. The number of rotatable bonds is 3. The highest BCUT2D eigenvalue weighted by Crippen LogP contribution is 2.23. The third-order valence-corrected chi connectivity index (χ3v) is 4.02. The normalized spacial score (nSPS) is 19.8. The first-order valence-corrected chi connectivity index (χ1v) is 6.77. The van der Waals surface area contributed by atoms with Gasteiger partial charge in [0, 0.05) is 18.8 Å². The van der Waals surface area contributed by atoms with E-state index in [0.717, 1.165) is 5.56 Å². The molecular formula is C15H24N2O. The molecule has 1 aromatic carbocycles. The molecule has 0 spiro atoms. The molecule has 100 valence electrons. The average Bonchev–Trinajstić information content (AvgIpc) is 2.39. The fourth-order valence-corrected chi connectivity index (χ4v) is 2.58. The van der Waals surface area contributed by atoms with Crippen molar-refractivity contribution in [3.63, 3.8) is 0 Å². The van der Waals surface area contributed by atoms with Crippen LogP contribution in [0.2, 0.25) is 0 Å². The Morgan fingerprint density at radius 2 is 1.78 bits per heavy atom. The quantitative estimate of drug-likeness (QED) is 0.889. The molecule has 1 fully saturated rings. The first kappa shape index (κ1) is 13.4. The molecular weight excluding hydrogens is 224 g/mol. The highest BCUT2D eigenvalue weighted by molar-refractivity contribution is 5.48. The molecule has 0 radical (unpaired) electrons. The Morgan fingerprint density at radius 1 is 1.22 bits per heavy atom. The highest BCUT2D eigenvalue weighted by atomic mass is 16.3. The van der Waals surface area contributed by atoms with Crippen LogP contribution in [0.25, 0.3) is 0 Å². The molecule has 0 unspecified atom stereocenters. The maximum atomic E-state index is 9.51. The van der Waals surface area contributed by atoms with Crippen LogP contribution >= 0.6 is 0 Å². The summed E-state index contributed by atoms with van der Waals surface area (Å²) in [6, 6.07) is 8.90. The van der Waals surface area contributed by atoms with E-state index in [-0.39, 0.29) is 6.10 Å². The fraction of sp³-hybridized carbons (Fsp3) is 0.600. The van der Waals surface area contributed by atoms with Gasteiger partial charge >= 0.3 is 0 Å². The van der Waals surface area contributed by atoms with Crippen molar-refractivity contribution >= 4 is 5.69 Å². The van der Waals surface area contributed by atoms with E-state index in [1.54, 1.807) is 6.92 Å². The second-order valence-corrected chi connectivity index (χ2v) is 5.41. The van der Waals surface area contributed by atoms with Crippen LogP contribution in [0.1, 0.15) is 31.4 Å². The van der Waals surface area contributed by atoms with E-state index in [9.17, 15) is 5.11 Å². The highest BCUT2D eigenvalue weighted by Gasteiger charge is 2.20. The molecule has 0 bridgehead atoms. The third kappa shape index (κ3) is 3.03. The van der Waals surface area contributed by atoms with Crippen LogP contribution in [-0.4, -0.2) is 43.2 Å². The van der Waals surface area contributed by atoms with Gasteiger partial charge in [0.2, 0.25) is 0 Å². The smallest absolute Gasteiger partial charge is 0.0761 e. The van der Waals surface area contributed by atoms with E-state index in [1.165, 1.54) is 31.6 Å². The number of hydrogen-bond donors (Lipinski definition) is 1. The fourth-order valence-electron chi connectivity index (χ4n) is 2.58. The lowest BCUT2D eigenvalue weighted by molar-refractivity contribution is 0.199. The first-order chi connectivity index (χ1) is 8.58. The molecule has 1 aliphatic rings. The molecule has 1 heterocycles. The second-order valence-electron chi connectivity index (χ2n) is 5.41. The monoisotopic (exact) mass is 248 g/mol. The van der Waals surface area contributed by atoms with Gasteiger partial charge in [0.25, 0.3) is 0 Å². The zero-order valence-electron chi connectivity index (χ0n) is 11.6. The topological polar surface area (TPSA) is 26.7 Å². The van der Waals surface area contributed by atoms with Crippen molar-refractivity contribution in [1.82, 2.24) is 4.90 Å². The summed E-state index contributed by atoms with van der Waals surface area (Å²) in [6.45, 7) is 4.16. The standard InChI is InChI=1S/C15H24N2O/c1-12(18)13-4-6-14(7-5-13)17(3)15-8-10-16(2)11-9-15/h4-7,12,15,18H,8-11H2,1-3H3/t12-/m1/s1. The van der Waals surface area contributed by atoms with E-state index in [4.69, 9.17) is 0 Å². The molecule has 1 aliphatic heterocycles. The Balaban J connectivity index is 2.02. The average molecular weight is 248 g/mol. The number of piperidine rings is 1. The largest absolute Gasteiger partial charge is 0.389 e. The van der Waals surface area contributed by atoms with E-state index in [2.05, 4.69) is 36.0 Å². The van der Waals surface area contributed by atoms with Gasteiger partial charge in [-0.05, 0) is 57.6 Å². The maximum absolute atomic E-state index is 9.51. The van der Waals surface area contributed by atoms with Crippen LogP contribution in [0.4, 0.5) is 5.69 Å². The molecule has 0 aromatic heterocycles. The third-order valence-electron chi connectivity index (χ3n) is 4.02. The SMILES string of the molecule is C[C@@H](O)c1ccc(N(C)C2CCN(C)CC2)cc1. The van der Waals surface area contributed by atoms with E-state index in [0.29, 0.717) is 6.04 Å². The summed E-state index contributed by atoms with van der Waals surface area (Å²) >= 11 is 0. The number of nitrogens with zero attached hydrogens (tertiary/aromatic N) is 2. The van der Waals surface area contributed by atoms with Crippen molar-refractivity contribution in [3.05, 3.63) is 29.8 Å². The van der Waals surface area contributed by atoms with Crippen LogP contribution in [0.3, 0.4) is 0 Å². The summed E-state index contributed by atoms with van der Waals surface area (Å²) in [5.74, 6) is 0. The lowest BCUT2D eigenvalue weighted by Crippen LogP contribution is -2.41. The van der Waals surface area contributed by atoms with Crippen molar-refractivity contribution in [1.29, 1.82) is 0 Å². The van der Waals surface area contributed by atoms with Gasteiger partial charge in [0.05, 0.1) is 6.10 Å². The molecule has 0 aliphatic carbocycles. The summed E-state index contributed by atoms with van der Waals surface area (Å²) in [6.07, 6.45) is 2.07. The molecule has 1 atom stereocenters. The Labute approximate surface area is 110 Å². The molecule has 1 saturated heterocycles. The Bertz CT molecular complexity index is 367. The van der Waals surface area contributed by atoms with Gasteiger partial charge in [-0.15, -0.1) is 0 Å². The summed E-state index contributed by atoms with van der Waals surface area (Å²) in [5, 5.41) is 9.51. The first-order valence-electron chi connectivity index (χ1n) is 6.77. The van der Waals surface area contributed by atoms with Crippen molar-refractivity contribution in [3.8, 4) is 0 Å². The summed E-state index contributed by atoms with van der Waals surface area (Å²) in [4.78, 5) is 4.76. The van der Waals surface area contributed by atoms with Gasteiger partial charge in [-0.3, -0.25) is 0 Å². The second kappa shape index (κ2) is 5.72. The van der Waals surface area contributed by atoms with Gasteiger partial charge in [-0.25, -0.2) is 0 Å². The van der Waals surface area contributed by atoms with Crippen LogP contribution in [-0.2, 0) is 0 Å². The predicted molar refractivity (Wildman–Crippen MR) is 76.0 cm³/mol. The van der Waals surface area contributed by atoms with Crippen molar-refractivity contribution in [2.24, 2.45) is 0 Å². The number of benzene rings is 1. The maximum Gasteiger partial charge on any atom is 0.0761 e. The van der Waals surface area contributed by atoms with E-state index in [1.807, 2.05) is 12.1 Å². The van der Waals surface area contributed by atoms with E-state index < -0.39 is 0 Å². The van der Waals surface area contributed by atoms with Crippen LogP contribution in [0.15, 0.2) is 24.3 Å². The molecule has 18 heavy (non-hydrogen) atoms. The number of aliphatic hydroxyl groups is 1. The Morgan fingerprint density at radius 3 is 2.28 bits per heavy atom. The molecule has 1 N–H and O–H groups in total. The van der Waals surface area contributed by atoms with Crippen LogP contribution in [0.5, 0.6) is 0 Å². The van der Waals surface area contributed by atoms with Gasteiger partial charge < -0.3 is 14.9 Å². The molecule has 3 nitrogen and oxygen atoms in total. The van der Waals surface area contributed by atoms with Crippen molar-refractivity contribution < 1.29 is 5.11 Å². The minimum absolute atomic E-state index is 0.382. The molecule has 3 heteroatoms. The summed E-state index contributed by atoms with van der Waals surface area (Å²) < 4.78 is 0. The minimum Gasteiger partial charge on any atom is -0.389 e. The minimum atomic E-state index is -0.382. The van der Waals surface area contributed by atoms with Gasteiger partial charge in [-0.1, -0.05) is 12.1 Å². The number of aliphatic hydroxyl groups excluding tert-OH is 1. The number of anilines is 1. The van der Waals surface area contributed by atoms with Gasteiger partial charge in [-0.2, -0.15) is 0 Å². The van der Waals surface area contributed by atoms with Crippen molar-refractivity contribution in [2.45, 2.75) is 31.9 Å². The predicted octanol–water partition coefficient (Wildman–Crippen LogP) is 2.27. The van der Waals surface area contributed by atoms with Gasteiger partial charge in [0.15, 0.2) is 0 Å². The Hall–Kier alpha value is -1.06. The summed E-state index contributed by atoms with van der Waals surface area (Å²) in [7, 11) is 4.36. The zero-order valence-corrected chi connectivity index (χ0v) is 11.6. The summed E-state index contributed by atoms with van der Waals surface area (Å²) in [5.41, 5.74) is 2.23. The number of hydrogen-bond acceptors (Lipinski definition) is 3. The number of likely N-dealkylation sites (tertiary alicyclic amines) is 1. The van der Waals surface area contributed by atoms with E-state index >= 15 is 0 Å². The van der Waals surface area contributed by atoms with Crippen molar-refractivity contribution in [2.75, 3.05) is 32.1 Å². The van der Waals surface area contributed by atoms with Crippen LogP contribution < -0.4 is 4.90 Å². The van der Waals surface area contributed by atoms with Crippen LogP contribution in [0, 0.1) is 0 Å². The molecule has 0 amide bonds. The zero-order chi connectivity index (χ0) is 13.1. The molecule has 0 saturated carbocycles. The molecule has 1 aromatic rings. The lowest BCUT2D eigenvalue weighted by Gasteiger charge is -2.36. The van der Waals surface area contributed by atoms with Gasteiger partial charge in [0.1, 0.15) is 0 Å². The Kier molecular flexibility index (Phi) is 4.25.